The molecule has 4 atom stereocenters. The van der Waals surface area contributed by atoms with Crippen molar-refractivity contribution in [2.75, 3.05) is 0 Å². The second-order valence-corrected chi connectivity index (χ2v) is 10.5. The van der Waals surface area contributed by atoms with E-state index in [1.807, 2.05) is 13.0 Å². The number of aryl methyl sites for hydroxylation is 2. The lowest BCUT2D eigenvalue weighted by atomic mass is 9.55. The van der Waals surface area contributed by atoms with Gasteiger partial charge in [0.05, 0.1) is 0 Å². The molecular formula is C22H27N3O5S. The highest BCUT2D eigenvalue weighted by atomic mass is 32.2. The number of nitrogens with one attached hydrogen (secondary N) is 1. The average molecular weight is 446 g/mol. The molecule has 1 saturated carbocycles. The van der Waals surface area contributed by atoms with E-state index in [1.54, 1.807) is 0 Å². The summed E-state index contributed by atoms with van der Waals surface area (Å²) in [6, 6.07) is 3.96. The van der Waals surface area contributed by atoms with Crippen molar-refractivity contribution in [3.05, 3.63) is 45.8 Å². The Morgan fingerprint density at radius 2 is 2.16 bits per heavy atom. The Bertz CT molecular complexity index is 1190. The van der Waals surface area contributed by atoms with E-state index in [-0.39, 0.29) is 11.1 Å². The molecule has 0 spiro atoms. The van der Waals surface area contributed by atoms with E-state index in [0.29, 0.717) is 29.9 Å². The molecule has 5 rings (SSSR count). The molecular weight excluding hydrogens is 418 g/mol. The van der Waals surface area contributed by atoms with Crippen LogP contribution in [-0.4, -0.2) is 29.7 Å². The number of aromatic nitrogens is 2. The van der Waals surface area contributed by atoms with Crippen molar-refractivity contribution >= 4 is 16.3 Å². The highest BCUT2D eigenvalue weighted by molar-refractivity contribution is 7.84. The second-order valence-electron chi connectivity index (χ2n) is 9.40. The number of carbonyl (C=O) groups is 1. The van der Waals surface area contributed by atoms with Crippen LogP contribution in [0.4, 0.5) is 0 Å². The smallest absolute Gasteiger partial charge is 0.380 e. The zero-order valence-corrected chi connectivity index (χ0v) is 18.5. The Morgan fingerprint density at radius 1 is 1.39 bits per heavy atom. The number of benzene rings is 1. The molecule has 8 nitrogen and oxygen atoms in total. The molecule has 166 valence electrons. The van der Waals surface area contributed by atoms with Gasteiger partial charge in [0, 0.05) is 16.7 Å². The van der Waals surface area contributed by atoms with Gasteiger partial charge in [0.25, 0.3) is 0 Å². The predicted octanol–water partition coefficient (Wildman–Crippen LogP) is 2.82. The number of rotatable bonds is 4. The van der Waals surface area contributed by atoms with Crippen molar-refractivity contribution in [3.8, 4) is 5.75 Å². The van der Waals surface area contributed by atoms with Crippen LogP contribution >= 0.6 is 0 Å². The van der Waals surface area contributed by atoms with Gasteiger partial charge in [-0.1, -0.05) is 19.9 Å². The number of fused-ring (bicyclic) bond motifs is 7. The molecule has 4 N–H and O–H groups in total. The van der Waals surface area contributed by atoms with E-state index in [9.17, 15) is 18.3 Å². The van der Waals surface area contributed by atoms with Crippen molar-refractivity contribution in [3.63, 3.8) is 0 Å². The van der Waals surface area contributed by atoms with E-state index < -0.39 is 16.3 Å². The minimum atomic E-state index is -4.07. The van der Waals surface area contributed by atoms with Crippen LogP contribution in [0.2, 0.25) is 0 Å². The fourth-order valence-electron chi connectivity index (χ4n) is 6.57. The molecule has 4 unspecified atom stereocenters. The van der Waals surface area contributed by atoms with Gasteiger partial charge in [-0.05, 0) is 79.0 Å². The normalized spacial score (nSPS) is 28.9. The summed E-state index contributed by atoms with van der Waals surface area (Å²) in [5.41, 5.74) is 5.21. The van der Waals surface area contributed by atoms with Crippen molar-refractivity contribution in [2.24, 2.45) is 17.0 Å². The number of hydrogen-bond acceptors (Lipinski definition) is 5. The van der Waals surface area contributed by atoms with Gasteiger partial charge in [0.1, 0.15) is 5.75 Å². The zero-order chi connectivity index (χ0) is 22.1. The Labute approximate surface area is 181 Å². The van der Waals surface area contributed by atoms with Crippen LogP contribution in [0.5, 0.6) is 5.75 Å². The van der Waals surface area contributed by atoms with E-state index in [0.717, 1.165) is 54.5 Å². The highest BCUT2D eigenvalue weighted by Gasteiger charge is 2.55. The minimum Gasteiger partial charge on any atom is -0.476 e. The van der Waals surface area contributed by atoms with Crippen LogP contribution in [0.25, 0.3) is 0 Å². The molecule has 1 fully saturated rings. The molecule has 1 aromatic carbocycles. The Balaban J connectivity index is 1.52. The number of aromatic amines is 1. The van der Waals surface area contributed by atoms with Gasteiger partial charge >= 0.3 is 16.3 Å². The van der Waals surface area contributed by atoms with Gasteiger partial charge in [-0.15, -0.1) is 0 Å². The molecule has 9 heteroatoms. The first-order valence-corrected chi connectivity index (χ1v) is 12.3. The number of nitrogens with two attached hydrogens (primary N) is 1. The number of carboxylic acid groups (broad SMARTS) is 1. The standard InChI is InChI=1S/C22H27N3O5S/c1-3-11-8-15-12(9-18(11)30-31(23,28)29)4-5-14-13(15)6-7-22(2)17(14)10-16-19(21(26)27)24-25-20(16)22/h8-9,13-14,17H,3-7,10H2,1-2H3,(H,24,25)(H,26,27)(H2,23,28,29). The zero-order valence-electron chi connectivity index (χ0n) is 17.6. The summed E-state index contributed by atoms with van der Waals surface area (Å²) in [7, 11) is -4.07. The first kappa shape index (κ1) is 20.5. The van der Waals surface area contributed by atoms with Crippen LogP contribution in [0.3, 0.4) is 0 Å². The lowest BCUT2D eigenvalue weighted by Crippen LogP contribution is -2.43. The molecule has 3 aliphatic carbocycles. The van der Waals surface area contributed by atoms with E-state index in [4.69, 9.17) is 9.32 Å². The monoisotopic (exact) mass is 445 g/mol. The van der Waals surface area contributed by atoms with Crippen LogP contribution in [0.1, 0.15) is 77.5 Å². The van der Waals surface area contributed by atoms with Crippen LogP contribution in [0.15, 0.2) is 12.1 Å². The lowest BCUT2D eigenvalue weighted by molar-refractivity contribution is 0.0687. The van der Waals surface area contributed by atoms with Crippen molar-refractivity contribution < 1.29 is 22.5 Å². The van der Waals surface area contributed by atoms with Gasteiger partial charge in [-0.25, -0.2) is 4.79 Å². The van der Waals surface area contributed by atoms with E-state index >= 15 is 0 Å². The van der Waals surface area contributed by atoms with E-state index in [1.165, 1.54) is 5.56 Å². The molecule has 31 heavy (non-hydrogen) atoms. The van der Waals surface area contributed by atoms with Crippen molar-refractivity contribution in [2.45, 2.75) is 63.7 Å². The number of nitrogens with zero attached hydrogens (tertiary/aromatic N) is 1. The van der Waals surface area contributed by atoms with Crippen LogP contribution < -0.4 is 9.32 Å². The third-order valence-electron chi connectivity index (χ3n) is 7.95. The molecule has 0 bridgehead atoms. The minimum absolute atomic E-state index is 0.0844. The maximum atomic E-state index is 11.6. The van der Waals surface area contributed by atoms with Gasteiger partial charge in [0.2, 0.25) is 0 Å². The summed E-state index contributed by atoms with van der Waals surface area (Å²) >= 11 is 0. The SMILES string of the molecule is CCc1cc2c(cc1OS(N)(=O)=O)CCC1C2CCC2(C)c3[nH]nc(C(=O)O)c3CC12. The summed E-state index contributed by atoms with van der Waals surface area (Å²) < 4.78 is 28.0. The fraction of sp³-hybridized carbons (Fsp3) is 0.545. The molecule has 1 aromatic heterocycles. The van der Waals surface area contributed by atoms with Crippen molar-refractivity contribution in [1.29, 1.82) is 0 Å². The quantitative estimate of drug-likeness (QED) is 0.662. The molecule has 0 amide bonds. The summed E-state index contributed by atoms with van der Waals surface area (Å²) in [5, 5.41) is 21.8. The summed E-state index contributed by atoms with van der Waals surface area (Å²) in [4.78, 5) is 11.6. The van der Waals surface area contributed by atoms with Crippen molar-refractivity contribution in [1.82, 2.24) is 10.2 Å². The summed E-state index contributed by atoms with van der Waals surface area (Å²) in [6.07, 6.45) is 5.18. The molecule has 1 heterocycles. The predicted molar refractivity (Wildman–Crippen MR) is 113 cm³/mol. The van der Waals surface area contributed by atoms with E-state index in [2.05, 4.69) is 23.2 Å². The molecule has 3 aliphatic rings. The molecule has 0 aliphatic heterocycles. The average Bonchev–Trinajstić information content (AvgIpc) is 3.24. The fourth-order valence-corrected chi connectivity index (χ4v) is 6.97. The lowest BCUT2D eigenvalue weighted by Gasteiger charge is -2.49. The first-order valence-electron chi connectivity index (χ1n) is 10.8. The van der Waals surface area contributed by atoms with Crippen LogP contribution in [0, 0.1) is 11.8 Å². The third kappa shape index (κ3) is 3.09. The maximum absolute atomic E-state index is 11.6. The number of H-pyrrole nitrogens is 1. The second kappa shape index (κ2) is 6.80. The Kier molecular flexibility index (Phi) is 4.50. The molecule has 0 saturated heterocycles. The number of carboxylic acids is 1. The Morgan fingerprint density at radius 3 is 2.84 bits per heavy atom. The van der Waals surface area contributed by atoms with Gasteiger partial charge in [-0.3, -0.25) is 5.10 Å². The van der Waals surface area contributed by atoms with Crippen LogP contribution in [-0.2, 0) is 35.0 Å². The summed E-state index contributed by atoms with van der Waals surface area (Å²) in [6.45, 7) is 4.22. The highest BCUT2D eigenvalue weighted by Crippen LogP contribution is 2.60. The maximum Gasteiger partial charge on any atom is 0.380 e. The molecule has 2 aromatic rings. The summed E-state index contributed by atoms with van der Waals surface area (Å²) in [5.74, 6) is 0.549. The van der Waals surface area contributed by atoms with Gasteiger partial charge in [-0.2, -0.15) is 18.7 Å². The van der Waals surface area contributed by atoms with Gasteiger partial charge in [0.15, 0.2) is 5.69 Å². The topological polar surface area (TPSA) is 135 Å². The Hall–Kier alpha value is -2.39. The molecule has 0 radical (unpaired) electrons. The van der Waals surface area contributed by atoms with Gasteiger partial charge < -0.3 is 9.29 Å². The number of hydrogen-bond donors (Lipinski definition) is 3. The largest absolute Gasteiger partial charge is 0.476 e. The first-order chi connectivity index (χ1) is 14.6. The third-order valence-corrected chi connectivity index (χ3v) is 8.36. The number of aromatic carboxylic acids is 1.